The Morgan fingerprint density at radius 2 is 1.94 bits per heavy atom. The van der Waals surface area contributed by atoms with E-state index in [1.807, 2.05) is 54.2 Å². The van der Waals surface area contributed by atoms with Gasteiger partial charge in [-0.2, -0.15) is 5.10 Å². The lowest BCUT2D eigenvalue weighted by Crippen LogP contribution is -2.47. The highest BCUT2D eigenvalue weighted by molar-refractivity contribution is 6.32. The van der Waals surface area contributed by atoms with E-state index in [0.717, 1.165) is 37.5 Å². The van der Waals surface area contributed by atoms with Gasteiger partial charge < -0.3 is 14.6 Å². The molecule has 0 unspecified atom stereocenters. The molecule has 2 heterocycles. The van der Waals surface area contributed by atoms with Crippen LogP contribution < -0.4 is 9.47 Å². The molecule has 1 aliphatic rings. The molecule has 0 spiro atoms. The van der Waals surface area contributed by atoms with Crippen molar-refractivity contribution in [3.63, 3.8) is 0 Å². The first-order valence-corrected chi connectivity index (χ1v) is 11.4. The molecule has 7 heteroatoms. The summed E-state index contributed by atoms with van der Waals surface area (Å²) in [6, 6.07) is 15.8. The lowest BCUT2D eigenvalue weighted by Gasteiger charge is -2.38. The Bertz CT molecular complexity index is 1000. The number of halogens is 1. The average Bonchev–Trinajstić information content (AvgIpc) is 3.30. The molecule has 1 aromatic heterocycles. The number of hydrogen-bond acceptors (Lipinski definition) is 5. The van der Waals surface area contributed by atoms with Crippen molar-refractivity contribution in [3.05, 3.63) is 77.1 Å². The summed E-state index contributed by atoms with van der Waals surface area (Å²) in [6.07, 6.45) is 5.02. The van der Waals surface area contributed by atoms with Gasteiger partial charge in [-0.1, -0.05) is 29.8 Å². The molecule has 6 nitrogen and oxygen atoms in total. The van der Waals surface area contributed by atoms with Crippen molar-refractivity contribution in [2.75, 3.05) is 26.3 Å². The van der Waals surface area contributed by atoms with Gasteiger partial charge in [0.1, 0.15) is 30.3 Å². The highest BCUT2D eigenvalue weighted by atomic mass is 35.5. The SMILES string of the molecule is Cc1ccc(Cl)c(OCC2(O)CCN(Cc3cccc(OCCn4cccn4)c3)CC2)c1. The minimum Gasteiger partial charge on any atom is -0.492 e. The second-order valence-corrected chi connectivity index (χ2v) is 8.90. The smallest absolute Gasteiger partial charge is 0.138 e. The van der Waals surface area contributed by atoms with Gasteiger partial charge in [0.15, 0.2) is 0 Å². The summed E-state index contributed by atoms with van der Waals surface area (Å²) >= 11 is 6.21. The van der Waals surface area contributed by atoms with E-state index < -0.39 is 5.60 Å². The van der Waals surface area contributed by atoms with Crippen LogP contribution in [0.2, 0.25) is 5.02 Å². The number of piperidine rings is 1. The minimum absolute atomic E-state index is 0.254. The average molecular weight is 456 g/mol. The number of aromatic nitrogens is 2. The van der Waals surface area contributed by atoms with Gasteiger partial charge in [-0.05, 0) is 61.2 Å². The highest BCUT2D eigenvalue weighted by Gasteiger charge is 2.33. The van der Waals surface area contributed by atoms with Crippen molar-refractivity contribution in [1.29, 1.82) is 0 Å². The summed E-state index contributed by atoms with van der Waals surface area (Å²) in [6.45, 7) is 6.00. The third-order valence-corrected chi connectivity index (χ3v) is 6.14. The van der Waals surface area contributed by atoms with Crippen LogP contribution in [0.3, 0.4) is 0 Å². The molecule has 0 atom stereocenters. The summed E-state index contributed by atoms with van der Waals surface area (Å²) in [4.78, 5) is 2.36. The zero-order valence-corrected chi connectivity index (χ0v) is 19.2. The van der Waals surface area contributed by atoms with Crippen molar-refractivity contribution in [2.24, 2.45) is 0 Å². The number of rotatable bonds is 9. The topological polar surface area (TPSA) is 59.8 Å². The van der Waals surface area contributed by atoms with E-state index in [9.17, 15) is 5.11 Å². The normalized spacial score (nSPS) is 16.1. The molecule has 32 heavy (non-hydrogen) atoms. The largest absolute Gasteiger partial charge is 0.492 e. The predicted molar refractivity (Wildman–Crippen MR) is 125 cm³/mol. The molecule has 0 bridgehead atoms. The molecule has 0 aliphatic carbocycles. The summed E-state index contributed by atoms with van der Waals surface area (Å²) in [7, 11) is 0. The van der Waals surface area contributed by atoms with Gasteiger partial charge in [-0.25, -0.2) is 0 Å². The first-order valence-electron chi connectivity index (χ1n) is 11.0. The Kier molecular flexibility index (Phi) is 7.35. The molecular formula is C25H30ClN3O3. The molecule has 1 N–H and O–H groups in total. The Labute approximate surface area is 194 Å². The molecule has 0 amide bonds. The van der Waals surface area contributed by atoms with E-state index in [1.165, 1.54) is 5.56 Å². The van der Waals surface area contributed by atoms with Crippen LogP contribution in [0, 0.1) is 6.92 Å². The van der Waals surface area contributed by atoms with Crippen LogP contribution in [0.4, 0.5) is 0 Å². The molecule has 0 radical (unpaired) electrons. The summed E-state index contributed by atoms with van der Waals surface area (Å²) in [5.41, 5.74) is 1.45. The third-order valence-electron chi connectivity index (χ3n) is 5.82. The first kappa shape index (κ1) is 22.6. The Morgan fingerprint density at radius 3 is 2.72 bits per heavy atom. The van der Waals surface area contributed by atoms with Crippen LogP contribution in [0.1, 0.15) is 24.0 Å². The summed E-state index contributed by atoms with van der Waals surface area (Å²) in [5, 5.41) is 15.7. The van der Waals surface area contributed by atoms with E-state index in [1.54, 1.807) is 6.20 Å². The van der Waals surface area contributed by atoms with Gasteiger partial charge in [-0.3, -0.25) is 9.58 Å². The summed E-state index contributed by atoms with van der Waals surface area (Å²) < 4.78 is 13.6. The van der Waals surface area contributed by atoms with Crippen molar-refractivity contribution in [1.82, 2.24) is 14.7 Å². The number of aliphatic hydroxyl groups is 1. The van der Waals surface area contributed by atoms with Crippen molar-refractivity contribution >= 4 is 11.6 Å². The van der Waals surface area contributed by atoms with Crippen molar-refractivity contribution in [3.8, 4) is 11.5 Å². The zero-order valence-electron chi connectivity index (χ0n) is 18.4. The van der Waals surface area contributed by atoms with Crippen molar-refractivity contribution < 1.29 is 14.6 Å². The van der Waals surface area contributed by atoms with Crippen LogP contribution in [-0.2, 0) is 13.1 Å². The van der Waals surface area contributed by atoms with Crippen molar-refractivity contribution in [2.45, 2.75) is 38.5 Å². The first-order chi connectivity index (χ1) is 15.5. The van der Waals surface area contributed by atoms with Crippen LogP contribution in [0.25, 0.3) is 0 Å². The Hall–Kier alpha value is -2.54. The third kappa shape index (κ3) is 6.25. The Balaban J connectivity index is 1.24. The summed E-state index contributed by atoms with van der Waals surface area (Å²) in [5.74, 6) is 1.50. The van der Waals surface area contributed by atoms with Gasteiger partial charge in [0.05, 0.1) is 11.6 Å². The maximum atomic E-state index is 11.0. The number of ether oxygens (including phenoxy) is 2. The number of likely N-dealkylation sites (tertiary alicyclic amines) is 1. The van der Waals surface area contributed by atoms with E-state index in [0.29, 0.717) is 30.2 Å². The molecule has 1 aliphatic heterocycles. The maximum Gasteiger partial charge on any atom is 0.138 e. The van der Waals surface area contributed by atoms with E-state index in [2.05, 4.69) is 22.1 Å². The number of nitrogens with zero attached hydrogens (tertiary/aromatic N) is 3. The zero-order chi connectivity index (χ0) is 22.4. The van der Waals surface area contributed by atoms with Crippen LogP contribution in [0.15, 0.2) is 60.9 Å². The predicted octanol–water partition coefficient (Wildman–Crippen LogP) is 4.33. The van der Waals surface area contributed by atoms with Crippen LogP contribution in [0.5, 0.6) is 11.5 Å². The molecule has 1 saturated heterocycles. The lowest BCUT2D eigenvalue weighted by molar-refractivity contribution is -0.0537. The molecule has 4 rings (SSSR count). The van der Waals surface area contributed by atoms with Gasteiger partial charge >= 0.3 is 0 Å². The Morgan fingerprint density at radius 1 is 1.09 bits per heavy atom. The number of benzene rings is 2. The fourth-order valence-corrected chi connectivity index (χ4v) is 4.06. The molecule has 170 valence electrons. The molecule has 0 saturated carbocycles. The fraction of sp³-hybridized carbons (Fsp3) is 0.400. The number of aryl methyl sites for hydroxylation is 1. The monoisotopic (exact) mass is 455 g/mol. The highest BCUT2D eigenvalue weighted by Crippen LogP contribution is 2.29. The van der Waals surface area contributed by atoms with Gasteiger partial charge in [0.2, 0.25) is 0 Å². The van der Waals surface area contributed by atoms with E-state index in [4.69, 9.17) is 21.1 Å². The second-order valence-electron chi connectivity index (χ2n) is 8.49. The van der Waals surface area contributed by atoms with E-state index in [-0.39, 0.29) is 6.61 Å². The molecule has 1 fully saturated rings. The standard InChI is InChI=1S/C25H30ClN3O3/c1-20-6-7-23(26)24(16-20)32-19-25(30)8-12-28(13-9-25)18-21-4-2-5-22(17-21)31-15-14-29-11-3-10-27-29/h2-7,10-11,16-17,30H,8-9,12-15,18-19H2,1H3. The van der Waals surface area contributed by atoms with E-state index >= 15 is 0 Å². The molecular weight excluding hydrogens is 426 g/mol. The van der Waals surface area contributed by atoms with Crippen LogP contribution >= 0.6 is 11.6 Å². The van der Waals surface area contributed by atoms with Gasteiger partial charge in [0, 0.05) is 32.0 Å². The lowest BCUT2D eigenvalue weighted by atomic mass is 9.92. The molecule has 3 aromatic rings. The second kappa shape index (κ2) is 10.4. The minimum atomic E-state index is -0.832. The van der Waals surface area contributed by atoms with Gasteiger partial charge in [0.25, 0.3) is 0 Å². The quantitative estimate of drug-likeness (QED) is 0.520. The molecule has 2 aromatic carbocycles. The van der Waals surface area contributed by atoms with Gasteiger partial charge in [-0.15, -0.1) is 0 Å². The maximum absolute atomic E-state index is 11.0. The fourth-order valence-electron chi connectivity index (χ4n) is 3.89. The van der Waals surface area contributed by atoms with Crippen LogP contribution in [-0.4, -0.2) is 51.7 Å². The number of hydrogen-bond donors (Lipinski definition) is 1.